The fraction of sp³-hybridized carbons (Fsp3) is 0.444. The lowest BCUT2D eigenvalue weighted by atomic mass is 10.1. The van der Waals surface area contributed by atoms with E-state index in [0.717, 1.165) is 0 Å². The minimum atomic E-state index is -0.781. The third-order valence-corrected chi connectivity index (χ3v) is 1.97. The van der Waals surface area contributed by atoms with Crippen molar-refractivity contribution in [2.24, 2.45) is 0 Å². The van der Waals surface area contributed by atoms with Gasteiger partial charge in [0, 0.05) is 6.20 Å². The van der Waals surface area contributed by atoms with Crippen LogP contribution in [0.1, 0.15) is 6.92 Å². The fourth-order valence-corrected chi connectivity index (χ4v) is 0.977. The van der Waals surface area contributed by atoms with E-state index in [1.54, 1.807) is 25.3 Å². The summed E-state index contributed by atoms with van der Waals surface area (Å²) in [7, 11) is 0. The highest BCUT2D eigenvalue weighted by atomic mass is 16.3. The summed E-state index contributed by atoms with van der Waals surface area (Å²) in [6.07, 6.45) is 1.58. The number of pyridine rings is 1. The van der Waals surface area contributed by atoms with E-state index >= 15 is 0 Å². The normalized spacial score (nSPS) is 11.4. The van der Waals surface area contributed by atoms with E-state index in [4.69, 9.17) is 15.9 Å². The fourth-order valence-electron chi connectivity index (χ4n) is 0.977. The Morgan fingerprint density at radius 2 is 2.14 bits per heavy atom. The number of nitrogens with one attached hydrogen (secondary N) is 1. The van der Waals surface area contributed by atoms with E-state index in [1.807, 2.05) is 0 Å². The number of nitrogen functional groups attached to an aromatic ring is 1. The number of anilines is 2. The minimum Gasteiger partial charge on any atom is -0.394 e. The number of aromatic nitrogens is 1. The summed E-state index contributed by atoms with van der Waals surface area (Å²) < 4.78 is 0. The molecule has 5 N–H and O–H groups in total. The van der Waals surface area contributed by atoms with E-state index < -0.39 is 5.54 Å². The van der Waals surface area contributed by atoms with Crippen LogP contribution in [0.4, 0.5) is 11.5 Å². The third-order valence-electron chi connectivity index (χ3n) is 1.97. The molecule has 14 heavy (non-hydrogen) atoms. The van der Waals surface area contributed by atoms with Gasteiger partial charge in [-0.2, -0.15) is 0 Å². The molecule has 1 aromatic rings. The topological polar surface area (TPSA) is 91.4 Å². The molecule has 0 spiro atoms. The molecule has 0 saturated carbocycles. The summed E-state index contributed by atoms with van der Waals surface area (Å²) in [6.45, 7) is 1.33. The molecular formula is C9H15N3O2. The molecular weight excluding hydrogens is 182 g/mol. The van der Waals surface area contributed by atoms with Crippen molar-refractivity contribution in [1.82, 2.24) is 4.98 Å². The number of nitrogens with zero attached hydrogens (tertiary/aromatic N) is 1. The van der Waals surface area contributed by atoms with E-state index in [0.29, 0.717) is 11.5 Å². The molecule has 0 radical (unpaired) electrons. The van der Waals surface area contributed by atoms with Gasteiger partial charge in [0.15, 0.2) is 0 Å². The largest absolute Gasteiger partial charge is 0.394 e. The predicted molar refractivity (Wildman–Crippen MR) is 54.8 cm³/mol. The molecule has 0 amide bonds. The first kappa shape index (κ1) is 10.7. The zero-order valence-electron chi connectivity index (χ0n) is 8.07. The monoisotopic (exact) mass is 197 g/mol. The average molecular weight is 197 g/mol. The summed E-state index contributed by atoms with van der Waals surface area (Å²) in [4.78, 5) is 3.88. The quantitative estimate of drug-likeness (QED) is 0.537. The number of aliphatic hydroxyl groups excluding tert-OH is 2. The van der Waals surface area contributed by atoms with Crippen molar-refractivity contribution in [3.63, 3.8) is 0 Å². The van der Waals surface area contributed by atoms with Gasteiger partial charge in [0.2, 0.25) is 0 Å². The van der Waals surface area contributed by atoms with E-state index in [1.165, 1.54) is 0 Å². The van der Waals surface area contributed by atoms with Crippen LogP contribution >= 0.6 is 0 Å². The second-order valence-corrected chi connectivity index (χ2v) is 3.44. The minimum absolute atomic E-state index is 0.183. The Bertz CT molecular complexity index is 300. The Balaban J connectivity index is 2.82. The lowest BCUT2D eigenvalue weighted by Gasteiger charge is -2.27. The molecule has 0 saturated heterocycles. The first-order valence-electron chi connectivity index (χ1n) is 4.32. The van der Waals surface area contributed by atoms with Crippen LogP contribution in [-0.2, 0) is 0 Å². The Labute approximate surface area is 82.6 Å². The van der Waals surface area contributed by atoms with Gasteiger partial charge in [0.1, 0.15) is 5.82 Å². The van der Waals surface area contributed by atoms with Crippen LogP contribution < -0.4 is 11.1 Å². The summed E-state index contributed by atoms with van der Waals surface area (Å²) >= 11 is 0. The molecule has 0 bridgehead atoms. The van der Waals surface area contributed by atoms with Crippen LogP contribution in [0, 0.1) is 0 Å². The van der Waals surface area contributed by atoms with Crippen LogP contribution in [0.25, 0.3) is 0 Å². The second-order valence-electron chi connectivity index (χ2n) is 3.44. The third kappa shape index (κ3) is 2.34. The van der Waals surface area contributed by atoms with Gasteiger partial charge in [-0.05, 0) is 19.1 Å². The molecule has 0 aromatic carbocycles. The standard InChI is InChI=1S/C9H15N3O2/c1-9(5-13,6-14)12-7-3-2-4-11-8(7)10/h2-4,12-14H,5-6H2,1H3,(H2,10,11). The van der Waals surface area contributed by atoms with E-state index in [2.05, 4.69) is 10.3 Å². The maximum absolute atomic E-state index is 9.05. The highest BCUT2D eigenvalue weighted by Crippen LogP contribution is 2.19. The number of rotatable bonds is 4. The highest BCUT2D eigenvalue weighted by molar-refractivity contribution is 5.62. The summed E-state index contributed by atoms with van der Waals surface area (Å²) in [6, 6.07) is 3.47. The Morgan fingerprint density at radius 3 is 2.64 bits per heavy atom. The molecule has 0 aliphatic heterocycles. The lowest BCUT2D eigenvalue weighted by Crippen LogP contribution is -2.42. The van der Waals surface area contributed by atoms with Crippen LogP contribution in [0.15, 0.2) is 18.3 Å². The molecule has 1 rings (SSSR count). The molecule has 78 valence electrons. The zero-order valence-corrected chi connectivity index (χ0v) is 8.07. The first-order chi connectivity index (χ1) is 6.61. The predicted octanol–water partition coefficient (Wildman–Crippen LogP) is -0.181. The lowest BCUT2D eigenvalue weighted by molar-refractivity contribution is 0.147. The SMILES string of the molecule is CC(CO)(CO)Nc1cccnc1N. The van der Waals surface area contributed by atoms with Crippen molar-refractivity contribution < 1.29 is 10.2 Å². The molecule has 5 nitrogen and oxygen atoms in total. The van der Waals surface area contributed by atoms with Gasteiger partial charge >= 0.3 is 0 Å². The average Bonchev–Trinajstić information content (AvgIpc) is 2.21. The van der Waals surface area contributed by atoms with Crippen molar-refractivity contribution in [2.75, 3.05) is 24.3 Å². The van der Waals surface area contributed by atoms with Crippen molar-refractivity contribution in [3.05, 3.63) is 18.3 Å². The van der Waals surface area contributed by atoms with Crippen LogP contribution in [0.3, 0.4) is 0 Å². The van der Waals surface area contributed by atoms with Crippen LogP contribution in [-0.4, -0.2) is 33.9 Å². The Morgan fingerprint density at radius 1 is 1.50 bits per heavy atom. The maximum Gasteiger partial charge on any atom is 0.146 e. The Hall–Kier alpha value is -1.33. The maximum atomic E-state index is 9.05. The number of aliphatic hydroxyl groups is 2. The second kappa shape index (κ2) is 4.26. The van der Waals surface area contributed by atoms with Gasteiger partial charge in [-0.3, -0.25) is 0 Å². The number of nitrogens with two attached hydrogens (primary N) is 1. The van der Waals surface area contributed by atoms with Gasteiger partial charge < -0.3 is 21.3 Å². The summed E-state index contributed by atoms with van der Waals surface area (Å²) in [5.74, 6) is 0.348. The summed E-state index contributed by atoms with van der Waals surface area (Å²) in [5.41, 5.74) is 5.43. The molecule has 0 aliphatic rings. The van der Waals surface area contributed by atoms with Crippen molar-refractivity contribution in [2.45, 2.75) is 12.5 Å². The van der Waals surface area contributed by atoms with E-state index in [-0.39, 0.29) is 13.2 Å². The number of hydrogen-bond acceptors (Lipinski definition) is 5. The molecule has 0 atom stereocenters. The summed E-state index contributed by atoms with van der Waals surface area (Å²) in [5, 5.41) is 21.0. The van der Waals surface area contributed by atoms with Gasteiger partial charge in [-0.1, -0.05) is 0 Å². The first-order valence-corrected chi connectivity index (χ1v) is 4.32. The molecule has 1 heterocycles. The highest BCUT2D eigenvalue weighted by Gasteiger charge is 2.22. The van der Waals surface area contributed by atoms with E-state index in [9.17, 15) is 0 Å². The smallest absolute Gasteiger partial charge is 0.146 e. The van der Waals surface area contributed by atoms with Gasteiger partial charge in [0.25, 0.3) is 0 Å². The molecule has 0 unspecified atom stereocenters. The molecule has 0 aliphatic carbocycles. The molecule has 5 heteroatoms. The zero-order chi connectivity index (χ0) is 10.6. The van der Waals surface area contributed by atoms with Gasteiger partial charge in [0.05, 0.1) is 24.4 Å². The molecule has 1 aromatic heterocycles. The van der Waals surface area contributed by atoms with Crippen LogP contribution in [0.2, 0.25) is 0 Å². The van der Waals surface area contributed by atoms with Crippen molar-refractivity contribution in [3.8, 4) is 0 Å². The number of hydrogen-bond donors (Lipinski definition) is 4. The Kier molecular flexibility index (Phi) is 3.27. The van der Waals surface area contributed by atoms with Crippen LogP contribution in [0.5, 0.6) is 0 Å². The van der Waals surface area contributed by atoms with Crippen molar-refractivity contribution in [1.29, 1.82) is 0 Å². The van der Waals surface area contributed by atoms with Crippen molar-refractivity contribution >= 4 is 11.5 Å². The van der Waals surface area contributed by atoms with Gasteiger partial charge in [-0.15, -0.1) is 0 Å². The van der Waals surface area contributed by atoms with Gasteiger partial charge in [-0.25, -0.2) is 4.98 Å². The molecule has 0 fully saturated rings.